The molecule has 102 valence electrons. The van der Waals surface area contributed by atoms with Gasteiger partial charge in [-0.05, 0) is 54.9 Å². The summed E-state index contributed by atoms with van der Waals surface area (Å²) in [5.74, 6) is 0.787. The van der Waals surface area contributed by atoms with Crippen LogP contribution in [0.15, 0.2) is 22.7 Å². The summed E-state index contributed by atoms with van der Waals surface area (Å²) in [6, 6.07) is 5.78. The van der Waals surface area contributed by atoms with E-state index in [1.165, 1.54) is 0 Å². The average Bonchev–Trinajstić information content (AvgIpc) is 2.62. The molecule has 0 spiro atoms. The number of nitrogens with one attached hydrogen (secondary N) is 1. The molecule has 0 saturated carbocycles. The molecule has 0 aliphatic rings. The minimum atomic E-state index is 0.219. The molecule has 0 unspecified atom stereocenters. The Morgan fingerprint density at radius 1 is 1.42 bits per heavy atom. The number of hydrogen-bond donors (Lipinski definition) is 2. The number of anilines is 3. The van der Waals surface area contributed by atoms with Crippen LogP contribution in [0.3, 0.4) is 0 Å². The first-order chi connectivity index (χ1) is 8.90. The van der Waals surface area contributed by atoms with Crippen LogP contribution in [0.2, 0.25) is 5.02 Å². The lowest BCUT2D eigenvalue weighted by Gasteiger charge is -2.14. The van der Waals surface area contributed by atoms with Crippen LogP contribution in [-0.2, 0) is 0 Å². The molecule has 0 amide bonds. The molecule has 1 aromatic heterocycles. The number of nitrogen functional groups attached to an aromatic ring is 1. The predicted molar refractivity (Wildman–Crippen MR) is 84.2 cm³/mol. The predicted octanol–water partition coefficient (Wildman–Crippen LogP) is 4.51. The third-order valence-electron chi connectivity index (χ3n) is 2.80. The summed E-state index contributed by atoms with van der Waals surface area (Å²) in [4.78, 5) is 0. The summed E-state index contributed by atoms with van der Waals surface area (Å²) in [5.41, 5.74) is 8.41. The Morgan fingerprint density at radius 2 is 2.11 bits per heavy atom. The van der Waals surface area contributed by atoms with E-state index in [0.717, 1.165) is 21.7 Å². The fourth-order valence-corrected chi connectivity index (χ4v) is 2.30. The number of halogens is 2. The van der Waals surface area contributed by atoms with Gasteiger partial charge in [0, 0.05) is 15.5 Å². The van der Waals surface area contributed by atoms with Crippen LogP contribution in [-0.4, -0.2) is 9.78 Å². The normalized spacial score (nSPS) is 11.1. The van der Waals surface area contributed by atoms with E-state index in [1.807, 2.05) is 29.8 Å². The monoisotopic (exact) mass is 342 g/mol. The van der Waals surface area contributed by atoms with Crippen LogP contribution in [0.1, 0.15) is 25.6 Å². The van der Waals surface area contributed by atoms with Gasteiger partial charge in [0.25, 0.3) is 0 Å². The maximum Gasteiger partial charge on any atom is 0.152 e. The molecule has 19 heavy (non-hydrogen) atoms. The highest BCUT2D eigenvalue weighted by Gasteiger charge is 2.15. The van der Waals surface area contributed by atoms with Crippen LogP contribution in [0.25, 0.3) is 0 Å². The molecule has 0 bridgehead atoms. The summed E-state index contributed by atoms with van der Waals surface area (Å²) in [5, 5.41) is 8.40. The Labute approximate surface area is 126 Å². The SMILES string of the molecule is Cc1nn(C(C)C)c(Nc2cc(Cl)ccc2Br)c1N. The first kappa shape index (κ1) is 14.2. The molecule has 0 saturated heterocycles. The molecule has 3 N–H and O–H groups in total. The molecule has 2 rings (SSSR count). The number of rotatable bonds is 3. The highest BCUT2D eigenvalue weighted by Crippen LogP contribution is 2.33. The van der Waals surface area contributed by atoms with E-state index >= 15 is 0 Å². The van der Waals surface area contributed by atoms with Gasteiger partial charge in [-0.1, -0.05) is 11.6 Å². The quantitative estimate of drug-likeness (QED) is 0.862. The molecule has 0 fully saturated rings. The summed E-state index contributed by atoms with van der Waals surface area (Å²) < 4.78 is 2.79. The Bertz CT molecular complexity index is 607. The van der Waals surface area contributed by atoms with Crippen molar-refractivity contribution in [2.75, 3.05) is 11.1 Å². The van der Waals surface area contributed by atoms with Gasteiger partial charge in [0.2, 0.25) is 0 Å². The second-order valence-electron chi connectivity index (χ2n) is 4.64. The smallest absolute Gasteiger partial charge is 0.152 e. The first-order valence-corrected chi connectivity index (χ1v) is 7.14. The lowest BCUT2D eigenvalue weighted by atomic mass is 10.3. The van der Waals surface area contributed by atoms with Crippen LogP contribution in [0, 0.1) is 6.92 Å². The van der Waals surface area contributed by atoms with Crippen molar-refractivity contribution in [1.82, 2.24) is 9.78 Å². The lowest BCUT2D eigenvalue weighted by molar-refractivity contribution is 0.536. The summed E-state index contributed by atoms with van der Waals surface area (Å²) in [6.07, 6.45) is 0. The van der Waals surface area contributed by atoms with Gasteiger partial charge in [0.05, 0.1) is 17.1 Å². The molecule has 6 heteroatoms. The Morgan fingerprint density at radius 3 is 2.74 bits per heavy atom. The van der Waals surface area contributed by atoms with Crippen molar-refractivity contribution in [2.24, 2.45) is 0 Å². The molecular formula is C13H16BrClN4. The van der Waals surface area contributed by atoms with E-state index in [4.69, 9.17) is 17.3 Å². The maximum atomic E-state index is 6.08. The van der Waals surface area contributed by atoms with E-state index in [-0.39, 0.29) is 6.04 Å². The van der Waals surface area contributed by atoms with Crippen molar-refractivity contribution in [2.45, 2.75) is 26.8 Å². The van der Waals surface area contributed by atoms with Gasteiger partial charge in [-0.2, -0.15) is 5.10 Å². The second-order valence-corrected chi connectivity index (χ2v) is 5.93. The van der Waals surface area contributed by atoms with Crippen molar-refractivity contribution in [3.63, 3.8) is 0 Å². The van der Waals surface area contributed by atoms with Crippen molar-refractivity contribution in [3.8, 4) is 0 Å². The molecule has 1 heterocycles. The number of hydrogen-bond acceptors (Lipinski definition) is 3. The minimum absolute atomic E-state index is 0.219. The van der Waals surface area contributed by atoms with Crippen LogP contribution >= 0.6 is 27.5 Å². The van der Waals surface area contributed by atoms with Crippen LogP contribution in [0.4, 0.5) is 17.2 Å². The van der Waals surface area contributed by atoms with Gasteiger partial charge in [0.1, 0.15) is 0 Å². The maximum absolute atomic E-state index is 6.08. The number of aromatic nitrogens is 2. The van der Waals surface area contributed by atoms with Gasteiger partial charge in [0.15, 0.2) is 5.82 Å². The second kappa shape index (κ2) is 5.43. The molecule has 1 aromatic carbocycles. The first-order valence-electron chi connectivity index (χ1n) is 5.96. The Balaban J connectivity index is 2.45. The van der Waals surface area contributed by atoms with E-state index < -0.39 is 0 Å². The van der Waals surface area contributed by atoms with Gasteiger partial charge in [-0.3, -0.25) is 0 Å². The molecule has 4 nitrogen and oxygen atoms in total. The third-order valence-corrected chi connectivity index (χ3v) is 3.73. The summed E-state index contributed by atoms with van der Waals surface area (Å²) in [7, 11) is 0. The third kappa shape index (κ3) is 2.87. The summed E-state index contributed by atoms with van der Waals surface area (Å²) in [6.45, 7) is 6.01. The number of nitrogens with zero attached hydrogens (tertiary/aromatic N) is 2. The Kier molecular flexibility index (Phi) is 4.06. The van der Waals surface area contributed by atoms with Crippen molar-refractivity contribution >= 4 is 44.7 Å². The highest BCUT2D eigenvalue weighted by atomic mass is 79.9. The zero-order chi connectivity index (χ0) is 14.2. The van der Waals surface area contributed by atoms with Gasteiger partial charge in [-0.15, -0.1) is 0 Å². The van der Waals surface area contributed by atoms with Gasteiger partial charge in [-0.25, -0.2) is 4.68 Å². The van der Waals surface area contributed by atoms with Crippen LogP contribution in [0.5, 0.6) is 0 Å². The van der Waals surface area contributed by atoms with Crippen molar-refractivity contribution < 1.29 is 0 Å². The van der Waals surface area contributed by atoms with E-state index in [1.54, 1.807) is 0 Å². The number of aryl methyl sites for hydroxylation is 1. The standard InChI is InChI=1S/C13H16BrClN4/c1-7(2)19-13(12(16)8(3)18-19)17-11-6-9(15)4-5-10(11)14/h4-7,17H,16H2,1-3H3. The highest BCUT2D eigenvalue weighted by molar-refractivity contribution is 9.10. The fraction of sp³-hybridized carbons (Fsp3) is 0.308. The topological polar surface area (TPSA) is 55.9 Å². The Hall–Kier alpha value is -1.20. The van der Waals surface area contributed by atoms with Gasteiger partial charge < -0.3 is 11.1 Å². The molecule has 0 aliphatic carbocycles. The lowest BCUT2D eigenvalue weighted by Crippen LogP contribution is -2.08. The van der Waals surface area contributed by atoms with E-state index in [9.17, 15) is 0 Å². The molecule has 0 radical (unpaired) electrons. The summed E-state index contributed by atoms with van der Waals surface area (Å²) >= 11 is 9.51. The van der Waals surface area contributed by atoms with Crippen molar-refractivity contribution in [3.05, 3.63) is 33.4 Å². The molecule has 0 atom stereocenters. The molecular weight excluding hydrogens is 328 g/mol. The van der Waals surface area contributed by atoms with Gasteiger partial charge >= 0.3 is 0 Å². The molecule has 0 aliphatic heterocycles. The van der Waals surface area contributed by atoms with Crippen molar-refractivity contribution in [1.29, 1.82) is 0 Å². The zero-order valence-corrected chi connectivity index (χ0v) is 13.4. The van der Waals surface area contributed by atoms with Crippen LogP contribution < -0.4 is 11.1 Å². The minimum Gasteiger partial charge on any atom is -0.394 e. The zero-order valence-electron chi connectivity index (χ0n) is 11.0. The fourth-order valence-electron chi connectivity index (χ4n) is 1.78. The largest absolute Gasteiger partial charge is 0.394 e. The van der Waals surface area contributed by atoms with E-state index in [0.29, 0.717) is 10.7 Å². The number of nitrogens with two attached hydrogens (primary N) is 1. The number of benzene rings is 1. The molecule has 2 aromatic rings. The van der Waals surface area contributed by atoms with E-state index in [2.05, 4.69) is 40.2 Å². The average molecular weight is 344 g/mol.